The summed E-state index contributed by atoms with van der Waals surface area (Å²) in [7, 11) is 0. The third kappa shape index (κ3) is 6.29. The average Bonchev–Trinajstić information content (AvgIpc) is 1.85. The van der Waals surface area contributed by atoms with E-state index < -0.39 is 0 Å². The second-order valence-corrected chi connectivity index (χ2v) is 3.69. The number of hydrogen-bond acceptors (Lipinski definition) is 3. The molecule has 0 saturated carbocycles. The Balaban J connectivity index is 3.22. The van der Waals surface area contributed by atoms with Crippen molar-refractivity contribution in [2.75, 3.05) is 6.54 Å². The van der Waals surface area contributed by atoms with Crippen LogP contribution in [-0.2, 0) is 4.79 Å². The summed E-state index contributed by atoms with van der Waals surface area (Å²) in [4.78, 5) is 10.8. The maximum absolute atomic E-state index is 10.8. The number of amides is 1. The standard InChI is InChI=1S/C6H13NOS2/c1-2-3-5(8)7-4-6(9)10/h6,9-10H,2-4H2,1H3,(H,7,8). The van der Waals surface area contributed by atoms with Crippen LogP contribution in [0.4, 0.5) is 0 Å². The highest BCUT2D eigenvalue weighted by atomic mass is 32.2. The quantitative estimate of drug-likeness (QED) is 0.437. The van der Waals surface area contributed by atoms with Crippen molar-refractivity contribution in [3.8, 4) is 0 Å². The fourth-order valence-corrected chi connectivity index (χ4v) is 0.703. The number of thiol groups is 2. The third-order valence-corrected chi connectivity index (χ3v) is 1.32. The molecule has 0 aliphatic carbocycles. The van der Waals surface area contributed by atoms with E-state index in [4.69, 9.17) is 0 Å². The topological polar surface area (TPSA) is 29.1 Å². The Morgan fingerprint density at radius 3 is 2.60 bits per heavy atom. The minimum absolute atomic E-state index is 0.0548. The molecule has 0 spiro atoms. The highest BCUT2D eigenvalue weighted by Crippen LogP contribution is 1.96. The molecule has 0 rings (SSSR count). The van der Waals surface area contributed by atoms with Crippen LogP contribution in [0.3, 0.4) is 0 Å². The van der Waals surface area contributed by atoms with Crippen LogP contribution in [0, 0.1) is 0 Å². The van der Waals surface area contributed by atoms with Crippen molar-refractivity contribution in [3.63, 3.8) is 0 Å². The van der Waals surface area contributed by atoms with Gasteiger partial charge in [0.25, 0.3) is 0 Å². The molecule has 10 heavy (non-hydrogen) atoms. The minimum Gasteiger partial charge on any atom is -0.354 e. The number of nitrogens with one attached hydrogen (secondary N) is 1. The Kier molecular flexibility index (Phi) is 6.02. The van der Waals surface area contributed by atoms with Gasteiger partial charge in [0.1, 0.15) is 0 Å². The lowest BCUT2D eigenvalue weighted by molar-refractivity contribution is -0.121. The largest absolute Gasteiger partial charge is 0.354 e. The number of carbonyl (C=O) groups is 1. The molecule has 1 N–H and O–H groups in total. The van der Waals surface area contributed by atoms with Crippen molar-refractivity contribution >= 4 is 31.2 Å². The summed E-state index contributed by atoms with van der Waals surface area (Å²) in [5.41, 5.74) is 0. The van der Waals surface area contributed by atoms with E-state index >= 15 is 0 Å². The predicted octanol–water partition coefficient (Wildman–Crippen LogP) is 1.09. The second kappa shape index (κ2) is 5.92. The first-order valence-electron chi connectivity index (χ1n) is 3.29. The highest BCUT2D eigenvalue weighted by Gasteiger charge is 1.99. The molecule has 0 radical (unpaired) electrons. The summed E-state index contributed by atoms with van der Waals surface area (Å²) in [5.74, 6) is 0.0793. The number of carbonyl (C=O) groups excluding carboxylic acids is 1. The fraction of sp³-hybridized carbons (Fsp3) is 0.833. The van der Waals surface area contributed by atoms with Gasteiger partial charge in [-0.05, 0) is 6.42 Å². The Morgan fingerprint density at radius 1 is 1.60 bits per heavy atom. The Morgan fingerprint density at radius 2 is 2.20 bits per heavy atom. The van der Waals surface area contributed by atoms with Crippen LogP contribution in [0.2, 0.25) is 0 Å². The molecule has 4 heteroatoms. The SMILES string of the molecule is CCCC(=O)NCC(S)S. The van der Waals surface area contributed by atoms with Crippen LogP contribution in [-0.4, -0.2) is 17.0 Å². The van der Waals surface area contributed by atoms with Gasteiger partial charge in [0.2, 0.25) is 5.91 Å². The smallest absolute Gasteiger partial charge is 0.220 e. The fourth-order valence-electron chi connectivity index (χ4n) is 0.521. The summed E-state index contributed by atoms with van der Waals surface area (Å²) in [6, 6.07) is 0. The molecule has 0 aromatic rings. The maximum Gasteiger partial charge on any atom is 0.220 e. The molecular formula is C6H13NOS2. The van der Waals surface area contributed by atoms with Crippen molar-refractivity contribution in [1.29, 1.82) is 0 Å². The highest BCUT2D eigenvalue weighted by molar-refractivity contribution is 7.99. The van der Waals surface area contributed by atoms with Crippen LogP contribution in [0.25, 0.3) is 0 Å². The molecule has 0 bridgehead atoms. The lowest BCUT2D eigenvalue weighted by atomic mass is 10.3. The average molecular weight is 179 g/mol. The van der Waals surface area contributed by atoms with Crippen molar-refractivity contribution < 1.29 is 4.79 Å². The molecule has 0 fully saturated rings. The lowest BCUT2D eigenvalue weighted by Gasteiger charge is -2.04. The van der Waals surface area contributed by atoms with Crippen LogP contribution >= 0.6 is 25.3 Å². The van der Waals surface area contributed by atoms with Gasteiger partial charge in [-0.1, -0.05) is 6.92 Å². The monoisotopic (exact) mass is 179 g/mol. The lowest BCUT2D eigenvalue weighted by Crippen LogP contribution is -2.27. The molecule has 1 amide bonds. The summed E-state index contributed by atoms with van der Waals surface area (Å²) in [6.45, 7) is 2.50. The Bertz CT molecular complexity index is 106. The Hall–Kier alpha value is 0.170. The van der Waals surface area contributed by atoms with E-state index in [-0.39, 0.29) is 10.5 Å². The molecule has 0 heterocycles. The van der Waals surface area contributed by atoms with E-state index in [2.05, 4.69) is 30.6 Å². The van der Waals surface area contributed by atoms with Crippen molar-refractivity contribution in [3.05, 3.63) is 0 Å². The van der Waals surface area contributed by atoms with Gasteiger partial charge >= 0.3 is 0 Å². The Labute approximate surface area is 72.6 Å². The summed E-state index contributed by atoms with van der Waals surface area (Å²) in [5, 5.41) is 2.69. The number of hydrogen-bond donors (Lipinski definition) is 3. The van der Waals surface area contributed by atoms with Crippen LogP contribution in [0.15, 0.2) is 0 Å². The minimum atomic E-state index is -0.0548. The first-order valence-corrected chi connectivity index (χ1v) is 4.33. The van der Waals surface area contributed by atoms with E-state index in [9.17, 15) is 4.79 Å². The zero-order valence-electron chi connectivity index (χ0n) is 6.00. The molecule has 0 aromatic carbocycles. The summed E-state index contributed by atoms with van der Waals surface area (Å²) >= 11 is 7.98. The van der Waals surface area contributed by atoms with Crippen molar-refractivity contribution in [1.82, 2.24) is 5.32 Å². The zero-order valence-corrected chi connectivity index (χ0v) is 7.79. The molecule has 2 nitrogen and oxygen atoms in total. The summed E-state index contributed by atoms with van der Waals surface area (Å²) < 4.78 is -0.0548. The second-order valence-electron chi connectivity index (χ2n) is 2.03. The first-order chi connectivity index (χ1) is 4.66. The van der Waals surface area contributed by atoms with E-state index in [0.717, 1.165) is 6.42 Å². The molecule has 0 aromatic heterocycles. The zero-order chi connectivity index (χ0) is 7.98. The maximum atomic E-state index is 10.8. The van der Waals surface area contributed by atoms with Crippen molar-refractivity contribution in [2.45, 2.75) is 24.3 Å². The van der Waals surface area contributed by atoms with Crippen molar-refractivity contribution in [2.24, 2.45) is 0 Å². The van der Waals surface area contributed by atoms with E-state index in [1.807, 2.05) is 6.92 Å². The van der Waals surface area contributed by atoms with Gasteiger partial charge in [0.05, 0.1) is 4.58 Å². The van der Waals surface area contributed by atoms with E-state index in [0.29, 0.717) is 13.0 Å². The molecule has 0 aliphatic rings. The van der Waals surface area contributed by atoms with Gasteiger partial charge in [-0.2, -0.15) is 25.3 Å². The molecule has 0 aliphatic heterocycles. The normalized spacial score (nSPS) is 10.0. The molecule has 0 atom stereocenters. The van der Waals surface area contributed by atoms with Crippen LogP contribution in [0.5, 0.6) is 0 Å². The van der Waals surface area contributed by atoms with Gasteiger partial charge in [-0.25, -0.2) is 0 Å². The van der Waals surface area contributed by atoms with Gasteiger partial charge in [-0.15, -0.1) is 0 Å². The van der Waals surface area contributed by atoms with Gasteiger partial charge in [0, 0.05) is 13.0 Å². The van der Waals surface area contributed by atoms with Crippen LogP contribution < -0.4 is 5.32 Å². The first kappa shape index (κ1) is 10.2. The van der Waals surface area contributed by atoms with Gasteiger partial charge < -0.3 is 5.32 Å². The third-order valence-electron chi connectivity index (χ3n) is 0.959. The van der Waals surface area contributed by atoms with E-state index in [1.54, 1.807) is 0 Å². The molecule has 0 saturated heterocycles. The van der Waals surface area contributed by atoms with Crippen LogP contribution in [0.1, 0.15) is 19.8 Å². The van der Waals surface area contributed by atoms with E-state index in [1.165, 1.54) is 0 Å². The predicted molar refractivity (Wildman–Crippen MR) is 49.7 cm³/mol. The molecule has 0 unspecified atom stereocenters. The van der Waals surface area contributed by atoms with Gasteiger partial charge in [0.15, 0.2) is 0 Å². The number of rotatable bonds is 4. The molecular weight excluding hydrogens is 166 g/mol. The van der Waals surface area contributed by atoms with Gasteiger partial charge in [-0.3, -0.25) is 4.79 Å². The molecule has 60 valence electrons. The summed E-state index contributed by atoms with van der Waals surface area (Å²) in [6.07, 6.45) is 1.48.